The van der Waals surface area contributed by atoms with E-state index in [1.165, 1.54) is 4.90 Å². The van der Waals surface area contributed by atoms with Gasteiger partial charge in [0, 0.05) is 23.5 Å². The fourth-order valence-corrected chi connectivity index (χ4v) is 3.77. The number of carboxylic acids is 1. The molecule has 1 aliphatic rings. The number of amides is 1. The van der Waals surface area contributed by atoms with E-state index in [-0.39, 0.29) is 17.3 Å². The van der Waals surface area contributed by atoms with E-state index in [9.17, 15) is 24.3 Å². The van der Waals surface area contributed by atoms with Gasteiger partial charge >= 0.3 is 5.97 Å². The summed E-state index contributed by atoms with van der Waals surface area (Å²) in [5, 5.41) is 15.3. The highest BCUT2D eigenvalue weighted by molar-refractivity contribution is 5.98. The number of likely N-dealkylation sites (tertiary alicyclic amines) is 1. The third-order valence-electron chi connectivity index (χ3n) is 5.38. The largest absolute Gasteiger partial charge is 0.480 e. The van der Waals surface area contributed by atoms with Crippen LogP contribution in [0.1, 0.15) is 29.6 Å². The number of carbonyl (C=O) groups excluding carboxylic acids is 1. The minimum Gasteiger partial charge on any atom is -0.480 e. The van der Waals surface area contributed by atoms with E-state index < -0.39 is 22.9 Å². The summed E-state index contributed by atoms with van der Waals surface area (Å²) in [6.07, 6.45) is 1.95. The normalized spacial score (nSPS) is 16.1. The average molecular weight is 419 g/mol. The second-order valence-electron chi connectivity index (χ2n) is 7.45. The number of nitrogens with zero attached hydrogens (tertiary/aromatic N) is 1. The van der Waals surface area contributed by atoms with Gasteiger partial charge in [-0.1, -0.05) is 24.3 Å². The van der Waals surface area contributed by atoms with Gasteiger partial charge in [0.1, 0.15) is 17.4 Å². The van der Waals surface area contributed by atoms with Crippen LogP contribution >= 0.6 is 0 Å². The maximum atomic E-state index is 12.9. The van der Waals surface area contributed by atoms with Gasteiger partial charge in [0.15, 0.2) is 0 Å². The number of carboxylic acid groups (broad SMARTS) is 1. The molecule has 1 heterocycles. The van der Waals surface area contributed by atoms with Crippen molar-refractivity contribution in [3.05, 3.63) is 80.6 Å². The zero-order chi connectivity index (χ0) is 22.0. The molecule has 1 fully saturated rings. The number of piperidine rings is 1. The maximum Gasteiger partial charge on any atom is 0.326 e. The number of para-hydroxylation sites is 1. The lowest BCUT2D eigenvalue weighted by atomic mass is 10.0. The molecule has 0 aromatic heterocycles. The maximum absolute atomic E-state index is 12.9. The highest BCUT2D eigenvalue weighted by Gasteiger charge is 2.32. The highest BCUT2D eigenvalue weighted by Crippen LogP contribution is 2.26. The number of carbonyl (C=O) groups is 2. The molecule has 1 amide bonds. The molecule has 3 N–H and O–H groups in total. The van der Waals surface area contributed by atoms with Gasteiger partial charge in [-0.05, 0) is 49.6 Å². The number of hydrogen-bond acceptors (Lipinski definition) is 6. The summed E-state index contributed by atoms with van der Waals surface area (Å²) >= 11 is 0. The molecule has 8 nitrogen and oxygen atoms in total. The van der Waals surface area contributed by atoms with Crippen LogP contribution in [0.2, 0.25) is 0 Å². The van der Waals surface area contributed by atoms with Gasteiger partial charge in [-0.15, -0.1) is 0 Å². The van der Waals surface area contributed by atoms with Gasteiger partial charge in [0.25, 0.3) is 16.8 Å². The molecule has 0 aliphatic carbocycles. The van der Waals surface area contributed by atoms with Crippen LogP contribution in [0.25, 0.3) is 0 Å². The summed E-state index contributed by atoms with van der Waals surface area (Å²) in [5.74, 6) is -1.38. The van der Waals surface area contributed by atoms with Crippen LogP contribution in [0.5, 0.6) is 0 Å². The number of rotatable bonds is 6. The van der Waals surface area contributed by atoms with Crippen molar-refractivity contribution >= 4 is 34.6 Å². The summed E-state index contributed by atoms with van der Waals surface area (Å²) in [5.41, 5.74) is 0.474. The van der Waals surface area contributed by atoms with Gasteiger partial charge in [-0.3, -0.25) is 14.4 Å². The van der Waals surface area contributed by atoms with Crippen LogP contribution in [0.15, 0.2) is 64.2 Å². The predicted molar refractivity (Wildman–Crippen MR) is 117 cm³/mol. The fourth-order valence-electron chi connectivity index (χ4n) is 3.77. The molecule has 3 aromatic rings. The van der Waals surface area contributed by atoms with E-state index in [4.69, 9.17) is 0 Å². The molecule has 1 saturated heterocycles. The Morgan fingerprint density at radius 3 is 2.19 bits per heavy atom. The molecule has 0 radical (unpaired) electrons. The molecule has 0 bridgehead atoms. The summed E-state index contributed by atoms with van der Waals surface area (Å²) in [6, 6.07) is 14.6. The molecule has 0 spiro atoms. The smallest absolute Gasteiger partial charge is 0.326 e. The van der Waals surface area contributed by atoms with Crippen LogP contribution in [-0.4, -0.2) is 34.5 Å². The van der Waals surface area contributed by atoms with Crippen molar-refractivity contribution in [2.45, 2.75) is 25.3 Å². The topological polar surface area (TPSA) is 116 Å². The molecule has 31 heavy (non-hydrogen) atoms. The van der Waals surface area contributed by atoms with Crippen molar-refractivity contribution in [3.8, 4) is 0 Å². The van der Waals surface area contributed by atoms with Crippen LogP contribution in [-0.2, 0) is 4.79 Å². The van der Waals surface area contributed by atoms with E-state index in [0.717, 1.165) is 12.8 Å². The van der Waals surface area contributed by atoms with Crippen molar-refractivity contribution in [1.29, 1.82) is 0 Å². The van der Waals surface area contributed by atoms with E-state index in [2.05, 4.69) is 10.6 Å². The molecular formula is C23H21N3O5. The van der Waals surface area contributed by atoms with Crippen LogP contribution < -0.4 is 21.5 Å². The van der Waals surface area contributed by atoms with E-state index in [0.29, 0.717) is 29.9 Å². The van der Waals surface area contributed by atoms with Gasteiger partial charge in [-0.2, -0.15) is 0 Å². The third-order valence-corrected chi connectivity index (χ3v) is 5.38. The zero-order valence-corrected chi connectivity index (χ0v) is 16.6. The second kappa shape index (κ2) is 8.43. The highest BCUT2D eigenvalue weighted by atomic mass is 16.4. The van der Waals surface area contributed by atoms with Gasteiger partial charge < -0.3 is 20.6 Å². The minimum absolute atomic E-state index is 0.125. The van der Waals surface area contributed by atoms with E-state index in [1.54, 1.807) is 48.5 Å². The second-order valence-corrected chi connectivity index (χ2v) is 7.45. The molecule has 8 heteroatoms. The van der Waals surface area contributed by atoms with Gasteiger partial charge in [-0.25, -0.2) is 4.79 Å². The lowest BCUT2D eigenvalue weighted by Crippen LogP contribution is -2.48. The van der Waals surface area contributed by atoms with Crippen molar-refractivity contribution < 1.29 is 14.7 Å². The summed E-state index contributed by atoms with van der Waals surface area (Å²) in [7, 11) is 0. The number of anilines is 4. The SMILES string of the molecule is O=C(O)C1CCCCN1C(=O)c1cccc(Nc2c(Nc3ccccc3)c(=O)c2=O)c1. The summed E-state index contributed by atoms with van der Waals surface area (Å²) < 4.78 is 0. The Labute approximate surface area is 177 Å². The molecule has 158 valence electrons. The van der Waals surface area contributed by atoms with E-state index >= 15 is 0 Å². The van der Waals surface area contributed by atoms with Crippen LogP contribution in [0.3, 0.4) is 0 Å². The van der Waals surface area contributed by atoms with Crippen LogP contribution in [0.4, 0.5) is 22.7 Å². The summed E-state index contributed by atoms with van der Waals surface area (Å²) in [4.78, 5) is 50.0. The first-order valence-corrected chi connectivity index (χ1v) is 10.0. The minimum atomic E-state index is -1.01. The zero-order valence-electron chi connectivity index (χ0n) is 16.6. The first-order chi connectivity index (χ1) is 15.0. The standard InChI is InChI=1S/C23H21N3O5/c27-20-18(24-15-8-2-1-3-9-15)19(21(20)28)25-16-10-6-7-14(13-16)22(29)26-12-5-4-11-17(26)23(30)31/h1-3,6-10,13,17,24-25H,4-5,11-12H2,(H,30,31). The number of nitrogens with one attached hydrogen (secondary N) is 2. The molecule has 1 atom stereocenters. The Morgan fingerprint density at radius 1 is 0.871 bits per heavy atom. The predicted octanol–water partition coefficient (Wildman–Crippen LogP) is 2.85. The first-order valence-electron chi connectivity index (χ1n) is 10.0. The molecule has 4 rings (SSSR count). The van der Waals surface area contributed by atoms with Gasteiger partial charge in [0.05, 0.1) is 0 Å². The Bertz CT molecular complexity index is 1200. The Kier molecular flexibility index (Phi) is 5.53. The molecule has 1 unspecified atom stereocenters. The van der Waals surface area contributed by atoms with Crippen molar-refractivity contribution in [1.82, 2.24) is 4.90 Å². The molecule has 1 aliphatic heterocycles. The van der Waals surface area contributed by atoms with Crippen molar-refractivity contribution in [2.24, 2.45) is 0 Å². The Morgan fingerprint density at radius 2 is 1.52 bits per heavy atom. The third kappa shape index (κ3) is 4.05. The number of benzene rings is 2. The average Bonchev–Trinajstić information content (AvgIpc) is 2.81. The molecule has 3 aromatic carbocycles. The quantitative estimate of drug-likeness (QED) is 0.526. The van der Waals surface area contributed by atoms with Crippen molar-refractivity contribution in [2.75, 3.05) is 17.2 Å². The number of hydrogen-bond donors (Lipinski definition) is 3. The fraction of sp³-hybridized carbons (Fsp3) is 0.217. The monoisotopic (exact) mass is 419 g/mol. The van der Waals surface area contributed by atoms with E-state index in [1.807, 2.05) is 6.07 Å². The Balaban J connectivity index is 1.55. The molecular weight excluding hydrogens is 398 g/mol. The lowest BCUT2D eigenvalue weighted by molar-refractivity contribution is -0.143. The lowest BCUT2D eigenvalue weighted by Gasteiger charge is -2.33. The van der Waals surface area contributed by atoms with Crippen molar-refractivity contribution in [3.63, 3.8) is 0 Å². The van der Waals surface area contributed by atoms with Gasteiger partial charge in [0.2, 0.25) is 0 Å². The first kappa shape index (κ1) is 20.3. The Hall–Kier alpha value is -3.94. The molecule has 0 saturated carbocycles. The number of aliphatic carboxylic acids is 1. The summed E-state index contributed by atoms with van der Waals surface area (Å²) in [6.45, 7) is 0.386. The van der Waals surface area contributed by atoms with Crippen LogP contribution in [0, 0.1) is 0 Å².